The largest absolute Gasteiger partial charge is 0.481 e. The highest BCUT2D eigenvalue weighted by Gasteiger charge is 2.26. The Morgan fingerprint density at radius 2 is 2.21 bits per heavy atom. The molecule has 100 valence electrons. The minimum absolute atomic E-state index is 0.0321. The maximum Gasteiger partial charge on any atom is 0.310 e. The van der Waals surface area contributed by atoms with Crippen LogP contribution >= 0.6 is 15.9 Å². The normalized spacial score (nSPS) is 21.3. The van der Waals surface area contributed by atoms with Crippen molar-refractivity contribution >= 4 is 33.3 Å². The smallest absolute Gasteiger partial charge is 0.310 e. The van der Waals surface area contributed by atoms with E-state index in [4.69, 9.17) is 5.11 Å². The van der Waals surface area contributed by atoms with Gasteiger partial charge in [-0.1, -0.05) is 28.1 Å². The lowest BCUT2D eigenvalue weighted by Crippen LogP contribution is -2.19. The third-order valence-electron chi connectivity index (χ3n) is 2.90. The quantitative estimate of drug-likeness (QED) is 0.504. The minimum atomic E-state index is -0.885. The van der Waals surface area contributed by atoms with Crippen LogP contribution in [-0.4, -0.2) is 22.0 Å². The van der Waals surface area contributed by atoms with E-state index in [1.165, 1.54) is 6.07 Å². The summed E-state index contributed by atoms with van der Waals surface area (Å²) in [7, 11) is 0. The lowest BCUT2D eigenvalue weighted by Gasteiger charge is -2.13. The number of hydrogen-bond acceptors (Lipinski definition) is 4. The summed E-state index contributed by atoms with van der Waals surface area (Å²) in [6.45, 7) is 0. The van der Waals surface area contributed by atoms with Crippen LogP contribution in [0.4, 0.5) is 11.4 Å². The van der Waals surface area contributed by atoms with Crippen molar-refractivity contribution in [2.24, 2.45) is 5.92 Å². The van der Waals surface area contributed by atoms with Gasteiger partial charge >= 0.3 is 5.97 Å². The number of halogens is 1. The highest BCUT2D eigenvalue weighted by atomic mass is 79.9. The number of carboxylic acid groups (broad SMARTS) is 1. The maximum atomic E-state index is 10.9. The van der Waals surface area contributed by atoms with Crippen molar-refractivity contribution < 1.29 is 14.8 Å². The van der Waals surface area contributed by atoms with Gasteiger partial charge in [0.15, 0.2) is 0 Å². The number of nitrogens with zero attached hydrogens (tertiary/aromatic N) is 1. The molecule has 1 aromatic carbocycles. The van der Waals surface area contributed by atoms with Gasteiger partial charge in [-0.2, -0.15) is 0 Å². The summed E-state index contributed by atoms with van der Waals surface area (Å²) in [5.41, 5.74) is 0.343. The van der Waals surface area contributed by atoms with E-state index in [9.17, 15) is 14.9 Å². The molecule has 19 heavy (non-hydrogen) atoms. The third kappa shape index (κ3) is 3.11. The lowest BCUT2D eigenvalue weighted by molar-refractivity contribution is -0.384. The Balaban J connectivity index is 2.16. The predicted molar refractivity (Wildman–Crippen MR) is 73.1 cm³/mol. The molecule has 2 N–H and O–H groups in total. The van der Waals surface area contributed by atoms with E-state index in [1.54, 1.807) is 24.3 Å². The maximum absolute atomic E-state index is 10.9. The Morgan fingerprint density at radius 3 is 2.79 bits per heavy atom. The van der Waals surface area contributed by atoms with Crippen molar-refractivity contribution in [3.8, 4) is 0 Å². The van der Waals surface area contributed by atoms with Crippen LogP contribution in [0.15, 0.2) is 34.8 Å². The van der Waals surface area contributed by atoms with Crippen LogP contribution in [0.5, 0.6) is 0 Å². The van der Waals surface area contributed by atoms with Crippen molar-refractivity contribution in [3.63, 3.8) is 0 Å². The molecule has 0 fully saturated rings. The number of rotatable bonds is 4. The van der Waals surface area contributed by atoms with Crippen LogP contribution in [0.1, 0.15) is 6.42 Å². The summed E-state index contributed by atoms with van der Waals surface area (Å²) >= 11 is 3.26. The molecule has 0 heterocycles. The number of benzene rings is 1. The first-order valence-electron chi connectivity index (χ1n) is 5.59. The van der Waals surface area contributed by atoms with Crippen LogP contribution in [0, 0.1) is 16.0 Å². The molecule has 0 saturated carbocycles. The van der Waals surface area contributed by atoms with Crippen LogP contribution in [0.2, 0.25) is 0 Å². The van der Waals surface area contributed by atoms with Crippen molar-refractivity contribution in [2.45, 2.75) is 12.5 Å². The highest BCUT2D eigenvalue weighted by molar-refractivity contribution is 9.10. The standard InChI is InChI=1S/C12H11BrN2O4/c13-8-2-4-11(15(18)19)10(6-8)14-9-3-1-7(5-9)12(16)17/h1-4,6-7,9,14H,5H2,(H,16,17). The zero-order valence-electron chi connectivity index (χ0n) is 9.75. The number of hydrogen-bond donors (Lipinski definition) is 2. The number of carbonyl (C=O) groups is 1. The zero-order chi connectivity index (χ0) is 14.0. The number of aliphatic carboxylic acids is 1. The molecule has 2 atom stereocenters. The number of carboxylic acids is 1. The first-order valence-corrected chi connectivity index (χ1v) is 6.38. The van der Waals surface area contributed by atoms with Crippen LogP contribution < -0.4 is 5.32 Å². The molecular weight excluding hydrogens is 316 g/mol. The van der Waals surface area contributed by atoms with E-state index in [0.717, 1.165) is 4.47 Å². The molecule has 2 unspecified atom stereocenters. The second-order valence-corrected chi connectivity index (χ2v) is 5.15. The van der Waals surface area contributed by atoms with E-state index >= 15 is 0 Å². The van der Waals surface area contributed by atoms with Crippen molar-refractivity contribution in [1.82, 2.24) is 0 Å². The Labute approximate surface area is 117 Å². The van der Waals surface area contributed by atoms with Crippen molar-refractivity contribution in [3.05, 3.63) is 44.9 Å². The van der Waals surface area contributed by atoms with Crippen LogP contribution in [-0.2, 0) is 4.79 Å². The van der Waals surface area contributed by atoms with E-state index < -0.39 is 16.8 Å². The molecule has 1 aliphatic rings. The van der Waals surface area contributed by atoms with Crippen molar-refractivity contribution in [2.75, 3.05) is 5.32 Å². The fourth-order valence-electron chi connectivity index (χ4n) is 1.97. The lowest BCUT2D eigenvalue weighted by atomic mass is 10.1. The van der Waals surface area contributed by atoms with Gasteiger partial charge < -0.3 is 10.4 Å². The van der Waals surface area contributed by atoms with Crippen LogP contribution in [0.3, 0.4) is 0 Å². The second kappa shape index (κ2) is 5.40. The first kappa shape index (κ1) is 13.5. The SMILES string of the molecule is O=C(O)C1C=CC(Nc2cc(Br)ccc2[N+](=O)[O-])C1. The van der Waals surface area contributed by atoms with E-state index in [1.807, 2.05) is 0 Å². The molecule has 0 aliphatic heterocycles. The molecule has 1 aromatic rings. The molecule has 0 radical (unpaired) electrons. The molecule has 0 amide bonds. The summed E-state index contributed by atoms with van der Waals surface area (Å²) in [6, 6.07) is 4.39. The summed E-state index contributed by atoms with van der Waals surface area (Å²) < 4.78 is 0.720. The number of anilines is 1. The number of nitro groups is 1. The molecule has 0 saturated heterocycles. The molecule has 0 aromatic heterocycles. The van der Waals surface area contributed by atoms with E-state index in [2.05, 4.69) is 21.2 Å². The van der Waals surface area contributed by atoms with Gasteiger partial charge in [-0.15, -0.1) is 0 Å². The Bertz CT molecular complexity index is 559. The Hall–Kier alpha value is -1.89. The zero-order valence-corrected chi connectivity index (χ0v) is 11.3. The number of nitro benzene ring substituents is 1. The molecule has 7 heteroatoms. The summed E-state index contributed by atoms with van der Waals surface area (Å²) in [4.78, 5) is 21.3. The summed E-state index contributed by atoms with van der Waals surface area (Å²) in [5, 5.41) is 22.8. The van der Waals surface area contributed by atoms with Gasteiger partial charge in [0.05, 0.1) is 10.8 Å². The van der Waals surface area contributed by atoms with Gasteiger partial charge in [0.1, 0.15) is 5.69 Å². The van der Waals surface area contributed by atoms with Crippen LogP contribution in [0.25, 0.3) is 0 Å². The van der Waals surface area contributed by atoms with Gasteiger partial charge in [-0.05, 0) is 18.6 Å². The Morgan fingerprint density at radius 1 is 1.47 bits per heavy atom. The third-order valence-corrected chi connectivity index (χ3v) is 3.39. The summed E-state index contributed by atoms with van der Waals surface area (Å²) in [6.07, 6.45) is 3.71. The van der Waals surface area contributed by atoms with Crippen molar-refractivity contribution in [1.29, 1.82) is 0 Å². The molecule has 0 bridgehead atoms. The molecule has 6 nitrogen and oxygen atoms in total. The number of nitrogens with one attached hydrogen (secondary N) is 1. The van der Waals surface area contributed by atoms with E-state index in [-0.39, 0.29) is 11.7 Å². The average Bonchev–Trinajstić information content (AvgIpc) is 2.77. The molecular formula is C12H11BrN2O4. The van der Waals surface area contributed by atoms with Gasteiger partial charge in [0.25, 0.3) is 5.69 Å². The van der Waals surface area contributed by atoms with Gasteiger partial charge in [-0.3, -0.25) is 14.9 Å². The monoisotopic (exact) mass is 326 g/mol. The predicted octanol–water partition coefficient (Wildman–Crippen LogP) is 2.80. The minimum Gasteiger partial charge on any atom is -0.481 e. The topological polar surface area (TPSA) is 92.5 Å². The fraction of sp³-hybridized carbons (Fsp3) is 0.250. The second-order valence-electron chi connectivity index (χ2n) is 4.23. The van der Waals surface area contributed by atoms with E-state index in [0.29, 0.717) is 12.1 Å². The highest BCUT2D eigenvalue weighted by Crippen LogP contribution is 2.30. The summed E-state index contributed by atoms with van der Waals surface area (Å²) in [5.74, 6) is -1.42. The fourth-order valence-corrected chi connectivity index (χ4v) is 2.33. The van der Waals surface area contributed by atoms with Gasteiger partial charge in [0.2, 0.25) is 0 Å². The average molecular weight is 327 g/mol. The molecule has 1 aliphatic carbocycles. The van der Waals surface area contributed by atoms with Gasteiger partial charge in [0, 0.05) is 16.6 Å². The first-order chi connectivity index (χ1) is 8.97. The Kier molecular flexibility index (Phi) is 3.84. The molecule has 0 spiro atoms. The van der Waals surface area contributed by atoms with Gasteiger partial charge in [-0.25, -0.2) is 0 Å². The molecule has 2 rings (SSSR count).